The van der Waals surface area contributed by atoms with Gasteiger partial charge in [-0.25, -0.2) is 0 Å². The summed E-state index contributed by atoms with van der Waals surface area (Å²) in [4.78, 5) is 12.6. The van der Waals surface area contributed by atoms with Crippen LogP contribution in [0.5, 0.6) is 0 Å². The fraction of sp³-hybridized carbons (Fsp3) is 0.864. The fourth-order valence-electron chi connectivity index (χ4n) is 7.31. The molecule has 4 fully saturated rings. The smallest absolute Gasteiger partial charge is 0.172 e. The molecule has 0 amide bonds. The first-order valence-electron chi connectivity index (χ1n) is 10.5. The molecule has 2 heteroatoms. The number of hydrogen-bond acceptors (Lipinski definition) is 2. The molecule has 0 bridgehead atoms. The van der Waals surface area contributed by atoms with Gasteiger partial charge in [0.1, 0.15) is 0 Å². The van der Waals surface area contributed by atoms with Gasteiger partial charge in [-0.05, 0) is 92.4 Å². The van der Waals surface area contributed by atoms with Gasteiger partial charge < -0.3 is 5.32 Å². The molecule has 0 aromatic carbocycles. The van der Waals surface area contributed by atoms with Crippen LogP contribution in [0.3, 0.4) is 0 Å². The Labute approximate surface area is 146 Å². The van der Waals surface area contributed by atoms with Crippen molar-refractivity contribution in [1.82, 2.24) is 5.32 Å². The lowest BCUT2D eigenvalue weighted by Crippen LogP contribution is -2.54. The zero-order chi connectivity index (χ0) is 16.5. The number of fused-ring (bicyclic) bond motifs is 5. The minimum Gasteiger partial charge on any atom is -0.304 e. The Balaban J connectivity index is 1.45. The molecular weight excluding hydrogens is 294 g/mol. The summed E-state index contributed by atoms with van der Waals surface area (Å²) in [7, 11) is 0. The Morgan fingerprint density at radius 3 is 2.67 bits per heavy atom. The number of carbonyl (C=O) groups is 1. The number of allylic oxidation sites excluding steroid dienone is 1. The first-order chi connectivity index (χ1) is 11.5. The molecular formula is C22H33NO. The Morgan fingerprint density at radius 2 is 1.88 bits per heavy atom. The maximum atomic E-state index is 12.6. The lowest BCUT2D eigenvalue weighted by atomic mass is 9.47. The van der Waals surface area contributed by atoms with E-state index in [0.29, 0.717) is 17.2 Å². The molecule has 132 valence electrons. The second-order valence-electron chi connectivity index (χ2n) is 10.2. The number of hydrogen-bond donors (Lipinski definition) is 1. The standard InChI is InChI=1S/C22H33NO/c1-21-10-3-4-17(21)16-8-5-14-12-20(24)19(23-15-6-7-15)13-22(14,2)18(16)9-11-21/h12,15-19,23H,3-11,13H2,1-2H3/t16-,17-,18-,19?,21-,22-/m0/s1. The van der Waals surface area contributed by atoms with Gasteiger partial charge in [-0.2, -0.15) is 0 Å². The molecule has 2 nitrogen and oxygen atoms in total. The van der Waals surface area contributed by atoms with E-state index in [0.717, 1.165) is 24.2 Å². The molecule has 0 radical (unpaired) electrons. The molecule has 6 atom stereocenters. The van der Waals surface area contributed by atoms with Gasteiger partial charge in [0.15, 0.2) is 5.78 Å². The first-order valence-corrected chi connectivity index (χ1v) is 10.5. The molecule has 0 heterocycles. The van der Waals surface area contributed by atoms with Crippen LogP contribution >= 0.6 is 0 Å². The normalized spacial score (nSPS) is 50.8. The van der Waals surface area contributed by atoms with E-state index in [-0.39, 0.29) is 11.5 Å². The third-order valence-corrected chi connectivity index (χ3v) is 8.82. The number of nitrogens with one attached hydrogen (secondary N) is 1. The van der Waals surface area contributed by atoms with E-state index in [2.05, 4.69) is 25.2 Å². The summed E-state index contributed by atoms with van der Waals surface area (Å²) in [5.74, 6) is 3.07. The predicted molar refractivity (Wildman–Crippen MR) is 96.7 cm³/mol. The number of carbonyl (C=O) groups excluding carboxylic acids is 1. The highest BCUT2D eigenvalue weighted by atomic mass is 16.1. The lowest BCUT2D eigenvalue weighted by Gasteiger charge is -2.58. The van der Waals surface area contributed by atoms with Gasteiger partial charge in [0.05, 0.1) is 6.04 Å². The zero-order valence-corrected chi connectivity index (χ0v) is 15.4. The van der Waals surface area contributed by atoms with Gasteiger partial charge in [0, 0.05) is 6.04 Å². The van der Waals surface area contributed by atoms with Crippen molar-refractivity contribution < 1.29 is 4.79 Å². The van der Waals surface area contributed by atoms with E-state index >= 15 is 0 Å². The van der Waals surface area contributed by atoms with Gasteiger partial charge in [0.2, 0.25) is 0 Å². The Kier molecular flexibility index (Phi) is 3.38. The molecule has 0 aromatic heterocycles. The average molecular weight is 328 g/mol. The van der Waals surface area contributed by atoms with Crippen LogP contribution in [0.4, 0.5) is 0 Å². The maximum absolute atomic E-state index is 12.6. The minimum atomic E-state index is 0.0990. The maximum Gasteiger partial charge on any atom is 0.172 e. The Morgan fingerprint density at radius 1 is 1.04 bits per heavy atom. The molecule has 5 rings (SSSR count). The third kappa shape index (κ3) is 2.21. The van der Waals surface area contributed by atoms with Crippen LogP contribution in [0.25, 0.3) is 0 Å². The van der Waals surface area contributed by atoms with Gasteiger partial charge >= 0.3 is 0 Å². The van der Waals surface area contributed by atoms with Crippen LogP contribution in [-0.4, -0.2) is 17.9 Å². The zero-order valence-electron chi connectivity index (χ0n) is 15.4. The number of ketones is 1. The van der Waals surface area contributed by atoms with Crippen LogP contribution in [0.15, 0.2) is 11.6 Å². The molecule has 24 heavy (non-hydrogen) atoms. The van der Waals surface area contributed by atoms with Crippen molar-refractivity contribution in [3.63, 3.8) is 0 Å². The van der Waals surface area contributed by atoms with E-state index in [1.165, 1.54) is 63.4 Å². The summed E-state index contributed by atoms with van der Waals surface area (Å²) in [5, 5.41) is 3.66. The van der Waals surface area contributed by atoms with Crippen molar-refractivity contribution >= 4 is 5.78 Å². The SMILES string of the molecule is C[C@@]12CCC[C@H]1[C@@H]1CCC3=CC(=O)C(NC4CC4)C[C@]3(C)[C@H]1CC2. The molecule has 5 aliphatic rings. The van der Waals surface area contributed by atoms with Crippen LogP contribution < -0.4 is 5.32 Å². The molecule has 1 unspecified atom stereocenters. The van der Waals surface area contributed by atoms with Crippen molar-refractivity contribution in [2.75, 3.05) is 0 Å². The van der Waals surface area contributed by atoms with Crippen molar-refractivity contribution in [3.05, 3.63) is 11.6 Å². The van der Waals surface area contributed by atoms with E-state index in [1.54, 1.807) is 0 Å². The van der Waals surface area contributed by atoms with Gasteiger partial charge in [0.25, 0.3) is 0 Å². The molecule has 4 saturated carbocycles. The molecule has 1 N–H and O–H groups in total. The van der Waals surface area contributed by atoms with E-state index in [9.17, 15) is 4.79 Å². The summed E-state index contributed by atoms with van der Waals surface area (Å²) in [6.45, 7) is 5.09. The van der Waals surface area contributed by atoms with Crippen molar-refractivity contribution in [2.24, 2.45) is 28.6 Å². The topological polar surface area (TPSA) is 29.1 Å². The molecule has 0 saturated heterocycles. The van der Waals surface area contributed by atoms with Crippen molar-refractivity contribution in [1.29, 1.82) is 0 Å². The second kappa shape index (κ2) is 5.19. The molecule has 0 aromatic rings. The lowest BCUT2D eigenvalue weighted by molar-refractivity contribution is -0.120. The summed E-state index contributed by atoms with van der Waals surface area (Å²) in [5.41, 5.74) is 2.42. The van der Waals surface area contributed by atoms with Gasteiger partial charge in [-0.3, -0.25) is 4.79 Å². The third-order valence-electron chi connectivity index (χ3n) is 8.82. The van der Waals surface area contributed by atoms with E-state index in [1.807, 2.05) is 0 Å². The van der Waals surface area contributed by atoms with Gasteiger partial charge in [-0.15, -0.1) is 0 Å². The average Bonchev–Trinajstić information content (AvgIpc) is 3.26. The van der Waals surface area contributed by atoms with Crippen molar-refractivity contribution in [3.8, 4) is 0 Å². The molecule has 5 aliphatic carbocycles. The monoisotopic (exact) mass is 327 g/mol. The van der Waals surface area contributed by atoms with Crippen molar-refractivity contribution in [2.45, 2.75) is 90.1 Å². The van der Waals surface area contributed by atoms with E-state index < -0.39 is 0 Å². The summed E-state index contributed by atoms with van der Waals surface area (Å²) in [6, 6.07) is 0.725. The van der Waals surface area contributed by atoms with Crippen LogP contribution in [0.2, 0.25) is 0 Å². The first kappa shape index (κ1) is 15.6. The summed E-state index contributed by atoms with van der Waals surface area (Å²) in [6.07, 6.45) is 15.4. The van der Waals surface area contributed by atoms with Crippen LogP contribution in [0.1, 0.15) is 78.1 Å². The molecule has 0 spiro atoms. The van der Waals surface area contributed by atoms with Crippen LogP contribution in [0, 0.1) is 28.6 Å². The summed E-state index contributed by atoms with van der Waals surface area (Å²) < 4.78 is 0. The largest absolute Gasteiger partial charge is 0.304 e. The molecule has 0 aliphatic heterocycles. The quantitative estimate of drug-likeness (QED) is 0.800. The predicted octanol–water partition coefficient (Wildman–Crippen LogP) is 4.64. The Bertz CT molecular complexity index is 591. The summed E-state index contributed by atoms with van der Waals surface area (Å²) >= 11 is 0. The van der Waals surface area contributed by atoms with Crippen LogP contribution in [-0.2, 0) is 4.79 Å². The second-order valence-corrected chi connectivity index (χ2v) is 10.2. The highest BCUT2D eigenvalue weighted by Crippen LogP contribution is 2.65. The highest BCUT2D eigenvalue weighted by Gasteiger charge is 2.57. The van der Waals surface area contributed by atoms with E-state index in [4.69, 9.17) is 0 Å². The number of rotatable bonds is 2. The highest BCUT2D eigenvalue weighted by molar-refractivity contribution is 5.96. The fourth-order valence-corrected chi connectivity index (χ4v) is 7.31. The van der Waals surface area contributed by atoms with Gasteiger partial charge in [-0.1, -0.05) is 25.8 Å². The minimum absolute atomic E-state index is 0.0990. The Hall–Kier alpha value is -0.630.